The van der Waals surface area contributed by atoms with Gasteiger partial charge in [0.15, 0.2) is 0 Å². The molecule has 0 heterocycles. The van der Waals surface area contributed by atoms with Crippen molar-refractivity contribution in [3.8, 4) is 0 Å². The van der Waals surface area contributed by atoms with Gasteiger partial charge in [0.2, 0.25) is 0 Å². The topological polar surface area (TPSA) is 121 Å². The van der Waals surface area contributed by atoms with Crippen LogP contribution in [0, 0.1) is 0 Å². The van der Waals surface area contributed by atoms with Gasteiger partial charge in [0, 0.05) is 0 Å². The molecule has 3 N–H and O–H groups in total. The number of aliphatic hydroxyl groups is 1. The van der Waals surface area contributed by atoms with Gasteiger partial charge < -0.3 is 20.1 Å². The van der Waals surface area contributed by atoms with E-state index in [1.807, 2.05) is 0 Å². The normalized spacial score (nSPS) is 9.75. The molecular weight excluding hydrogens is 268 g/mol. The lowest BCUT2D eigenvalue weighted by molar-refractivity contribution is -0.151. The molecular formula is C13H18O7. The summed E-state index contributed by atoms with van der Waals surface area (Å²) in [5.74, 6) is -1.44. The predicted molar refractivity (Wildman–Crippen MR) is 70.4 cm³/mol. The number of carboxylic acid groups (broad SMARTS) is 2. The minimum Gasteiger partial charge on any atom is -0.483 e. The molecule has 0 saturated heterocycles. The molecule has 20 heavy (non-hydrogen) atoms. The molecule has 1 rings (SSSR count). The molecule has 0 bridgehead atoms. The van der Waals surface area contributed by atoms with E-state index in [1.165, 1.54) is 6.92 Å². The van der Waals surface area contributed by atoms with Crippen molar-refractivity contribution in [2.45, 2.75) is 20.0 Å². The lowest BCUT2D eigenvalue weighted by Crippen LogP contribution is -2.18. The molecule has 0 aliphatic heterocycles. The van der Waals surface area contributed by atoms with Crippen LogP contribution in [-0.4, -0.2) is 46.4 Å². The Bertz CT molecular complexity index is 387. The van der Waals surface area contributed by atoms with Crippen molar-refractivity contribution in [2.75, 3.05) is 6.61 Å². The van der Waals surface area contributed by atoms with Crippen LogP contribution >= 0.6 is 0 Å². The van der Waals surface area contributed by atoms with Gasteiger partial charge in [-0.1, -0.05) is 18.2 Å². The van der Waals surface area contributed by atoms with Crippen LogP contribution in [0.3, 0.4) is 0 Å². The summed E-state index contributed by atoms with van der Waals surface area (Å²) in [7, 11) is 0. The summed E-state index contributed by atoms with van der Waals surface area (Å²) >= 11 is 0. The van der Waals surface area contributed by atoms with Crippen LogP contribution < -0.4 is 0 Å². The zero-order valence-electron chi connectivity index (χ0n) is 11.2. The summed E-state index contributed by atoms with van der Waals surface area (Å²) in [6.07, 6.45) is -0.991. The fourth-order valence-electron chi connectivity index (χ4n) is 0.844. The molecule has 7 heteroatoms. The second-order valence-electron chi connectivity index (χ2n) is 3.20. The smallest absolute Gasteiger partial charge is 0.335 e. The number of carbonyl (C=O) groups excluding carboxylic acids is 1. The maximum Gasteiger partial charge on any atom is 0.335 e. The van der Waals surface area contributed by atoms with Crippen molar-refractivity contribution in [3.63, 3.8) is 0 Å². The minimum atomic E-state index is -0.991. The fourth-order valence-corrected chi connectivity index (χ4v) is 0.844. The van der Waals surface area contributed by atoms with Crippen LogP contribution in [0.4, 0.5) is 0 Å². The Balaban J connectivity index is 0. The van der Waals surface area contributed by atoms with Crippen molar-refractivity contribution in [1.82, 2.24) is 0 Å². The average Bonchev–Trinajstić information content (AvgIpc) is 2.41. The van der Waals surface area contributed by atoms with Crippen LogP contribution in [0.15, 0.2) is 30.3 Å². The first-order valence-electron chi connectivity index (χ1n) is 5.61. The molecule has 1 unspecified atom stereocenters. The second-order valence-corrected chi connectivity index (χ2v) is 3.20. The summed E-state index contributed by atoms with van der Waals surface area (Å²) in [4.78, 5) is 28.8. The van der Waals surface area contributed by atoms with Crippen molar-refractivity contribution in [3.05, 3.63) is 35.9 Å². The van der Waals surface area contributed by atoms with Gasteiger partial charge in [-0.05, 0) is 26.0 Å². The first kappa shape index (κ1) is 19.9. The third-order valence-electron chi connectivity index (χ3n) is 1.65. The lowest BCUT2D eigenvalue weighted by Gasteiger charge is -2.01. The van der Waals surface area contributed by atoms with Gasteiger partial charge in [-0.2, -0.15) is 0 Å². The van der Waals surface area contributed by atoms with E-state index in [9.17, 15) is 9.59 Å². The third kappa shape index (κ3) is 12.1. The number of ether oxygens (including phenoxy) is 1. The number of rotatable bonds is 3. The van der Waals surface area contributed by atoms with Crippen LogP contribution in [0.2, 0.25) is 0 Å². The number of carbonyl (C=O) groups is 3. The van der Waals surface area contributed by atoms with Crippen LogP contribution in [-0.2, 0) is 14.3 Å². The van der Waals surface area contributed by atoms with E-state index in [4.69, 9.17) is 20.1 Å². The fraction of sp³-hybridized carbons (Fsp3) is 0.308. The first-order chi connectivity index (χ1) is 9.40. The van der Waals surface area contributed by atoms with Crippen molar-refractivity contribution in [2.24, 2.45) is 0 Å². The van der Waals surface area contributed by atoms with Crippen LogP contribution in [0.5, 0.6) is 0 Å². The Labute approximate surface area is 116 Å². The third-order valence-corrected chi connectivity index (χ3v) is 1.65. The van der Waals surface area contributed by atoms with Crippen molar-refractivity contribution < 1.29 is 34.4 Å². The largest absolute Gasteiger partial charge is 0.483 e. The summed E-state index contributed by atoms with van der Waals surface area (Å²) in [6.45, 7) is 3.14. The maximum atomic E-state index is 10.3. The van der Waals surface area contributed by atoms with Crippen molar-refractivity contribution >= 4 is 18.4 Å². The number of aliphatic hydroxyl groups excluding tert-OH is 1. The molecule has 0 fully saturated rings. The Morgan fingerprint density at radius 3 is 1.95 bits per heavy atom. The monoisotopic (exact) mass is 286 g/mol. The van der Waals surface area contributed by atoms with Gasteiger partial charge in [0.25, 0.3) is 6.47 Å². The minimum absolute atomic E-state index is 0.250. The highest BCUT2D eigenvalue weighted by molar-refractivity contribution is 5.87. The highest BCUT2D eigenvalue weighted by Gasteiger charge is 2.07. The van der Waals surface area contributed by atoms with E-state index in [0.29, 0.717) is 12.2 Å². The summed E-state index contributed by atoms with van der Waals surface area (Å²) in [5, 5.41) is 23.8. The Morgan fingerprint density at radius 2 is 1.75 bits per heavy atom. The molecule has 0 spiro atoms. The van der Waals surface area contributed by atoms with Gasteiger partial charge in [0.05, 0.1) is 12.2 Å². The van der Waals surface area contributed by atoms with Crippen LogP contribution in [0.25, 0.3) is 0 Å². The molecule has 1 aromatic rings. The van der Waals surface area contributed by atoms with E-state index < -0.39 is 18.0 Å². The van der Waals surface area contributed by atoms with E-state index in [-0.39, 0.29) is 6.47 Å². The quantitative estimate of drug-likeness (QED) is 0.560. The van der Waals surface area contributed by atoms with Crippen LogP contribution in [0.1, 0.15) is 24.2 Å². The molecule has 7 nitrogen and oxygen atoms in total. The predicted octanol–water partition coefficient (Wildman–Crippen LogP) is 1.02. The van der Waals surface area contributed by atoms with Gasteiger partial charge in [0.1, 0.15) is 6.10 Å². The van der Waals surface area contributed by atoms with E-state index >= 15 is 0 Å². The van der Waals surface area contributed by atoms with E-state index in [2.05, 4.69) is 4.74 Å². The van der Waals surface area contributed by atoms with Gasteiger partial charge >= 0.3 is 11.9 Å². The Kier molecular flexibility index (Phi) is 13.0. The van der Waals surface area contributed by atoms with Crippen molar-refractivity contribution in [1.29, 1.82) is 0 Å². The Morgan fingerprint density at radius 1 is 1.30 bits per heavy atom. The molecule has 0 aliphatic carbocycles. The molecule has 1 aromatic carbocycles. The first-order valence-corrected chi connectivity index (χ1v) is 5.61. The molecule has 1 atom stereocenters. The summed E-state index contributed by atoms with van der Waals surface area (Å²) in [5.41, 5.74) is 0.331. The van der Waals surface area contributed by atoms with Gasteiger partial charge in [-0.25, -0.2) is 9.59 Å². The van der Waals surface area contributed by atoms with E-state index in [0.717, 1.165) is 0 Å². The van der Waals surface area contributed by atoms with Gasteiger partial charge in [-0.3, -0.25) is 4.79 Å². The summed E-state index contributed by atoms with van der Waals surface area (Å²) in [6, 6.07) is 8.30. The number of benzene rings is 1. The number of esters is 1. The molecule has 0 aromatic heterocycles. The molecule has 0 saturated carbocycles. The zero-order chi connectivity index (χ0) is 16.0. The van der Waals surface area contributed by atoms with Gasteiger partial charge in [-0.15, -0.1) is 0 Å². The molecule has 0 radical (unpaired) electrons. The molecule has 112 valence electrons. The number of aromatic carboxylic acids is 1. The average molecular weight is 286 g/mol. The lowest BCUT2D eigenvalue weighted by atomic mass is 10.2. The van der Waals surface area contributed by atoms with E-state index in [1.54, 1.807) is 37.3 Å². The molecule has 0 aliphatic rings. The number of carboxylic acids is 1. The summed E-state index contributed by atoms with van der Waals surface area (Å²) < 4.78 is 4.41. The maximum absolute atomic E-state index is 10.3. The second kappa shape index (κ2) is 13.0. The Hall–Kier alpha value is -2.41. The highest BCUT2D eigenvalue weighted by atomic mass is 16.5. The molecule has 0 amide bonds. The zero-order valence-corrected chi connectivity index (χ0v) is 11.2. The number of hydrogen-bond donors (Lipinski definition) is 3. The highest BCUT2D eigenvalue weighted by Crippen LogP contribution is 1.96. The SMILES string of the molecule is CCOC(=O)C(C)O.O=C(O)c1ccccc1.O=CO. The number of hydrogen-bond acceptors (Lipinski definition) is 5. The standard InChI is InChI=1S/C7H6O2.C5H10O3.CH2O2/c8-7(9)6-4-2-1-3-5-6;1-3-8-5(7)4(2)6;2-1-3/h1-5H,(H,8,9);4,6H,3H2,1-2H3;1H,(H,2,3).